The van der Waals surface area contributed by atoms with Crippen LogP contribution < -0.4 is 10.6 Å². The van der Waals surface area contributed by atoms with Crippen LogP contribution in [0.4, 0.5) is 5.69 Å². The number of nitrogens with one attached hydrogen (secondary N) is 2. The van der Waals surface area contributed by atoms with E-state index in [-0.39, 0.29) is 5.91 Å². The fourth-order valence-electron chi connectivity index (χ4n) is 2.12. The van der Waals surface area contributed by atoms with Gasteiger partial charge in [-0.25, -0.2) is 4.98 Å². The van der Waals surface area contributed by atoms with Crippen LogP contribution in [0.25, 0.3) is 0 Å². The third kappa shape index (κ3) is 3.68. The minimum absolute atomic E-state index is 0.114. The number of carbonyl (C=O) groups excluding carboxylic acids is 1. The Kier molecular flexibility index (Phi) is 4.77. The molecule has 2 heterocycles. The molecule has 1 saturated heterocycles. The summed E-state index contributed by atoms with van der Waals surface area (Å²) in [5.41, 5.74) is 0.767. The van der Waals surface area contributed by atoms with E-state index in [1.165, 1.54) is 0 Å². The molecule has 1 fully saturated rings. The fourth-order valence-corrected chi connectivity index (χ4v) is 2.92. The van der Waals surface area contributed by atoms with Crippen molar-refractivity contribution in [1.29, 1.82) is 0 Å². The zero-order chi connectivity index (χ0) is 15.4. The molecule has 1 unspecified atom stereocenters. The van der Waals surface area contributed by atoms with Gasteiger partial charge in [0.1, 0.15) is 6.10 Å². The van der Waals surface area contributed by atoms with Gasteiger partial charge in [-0.3, -0.25) is 4.79 Å². The fraction of sp³-hybridized carbons (Fsp3) is 0.333. The molecule has 1 aromatic heterocycles. The summed E-state index contributed by atoms with van der Waals surface area (Å²) in [6, 6.07) is 7.71. The molecule has 2 aromatic rings. The van der Waals surface area contributed by atoms with E-state index in [9.17, 15) is 4.79 Å². The van der Waals surface area contributed by atoms with Gasteiger partial charge in [-0.1, -0.05) is 11.8 Å². The summed E-state index contributed by atoms with van der Waals surface area (Å²) >= 11 is 1.58. The summed E-state index contributed by atoms with van der Waals surface area (Å²) in [5, 5.41) is 6.95. The zero-order valence-corrected chi connectivity index (χ0v) is 13.1. The SMILES string of the molecule is Cn1ccnc1Sc1ccc(NC(=O)C2CNCCO2)cc1. The predicted octanol–water partition coefficient (Wildman–Crippen LogP) is 1.50. The van der Waals surface area contributed by atoms with Gasteiger partial charge in [0.2, 0.25) is 0 Å². The van der Waals surface area contributed by atoms with Crippen molar-refractivity contribution in [2.24, 2.45) is 7.05 Å². The Morgan fingerprint density at radius 3 is 2.91 bits per heavy atom. The number of amides is 1. The number of benzene rings is 1. The van der Waals surface area contributed by atoms with Gasteiger partial charge < -0.3 is 19.9 Å². The quantitative estimate of drug-likeness (QED) is 0.894. The second kappa shape index (κ2) is 6.95. The summed E-state index contributed by atoms with van der Waals surface area (Å²) in [7, 11) is 1.96. The van der Waals surface area contributed by atoms with Crippen LogP contribution in [0.5, 0.6) is 0 Å². The second-order valence-corrected chi connectivity index (χ2v) is 6.04. The average Bonchev–Trinajstić information content (AvgIpc) is 2.95. The summed E-state index contributed by atoms with van der Waals surface area (Å²) in [5.74, 6) is -0.114. The van der Waals surface area contributed by atoms with Crippen molar-refractivity contribution in [3.8, 4) is 0 Å². The highest BCUT2D eigenvalue weighted by Crippen LogP contribution is 2.26. The first-order chi connectivity index (χ1) is 10.7. The molecule has 6 nitrogen and oxygen atoms in total. The van der Waals surface area contributed by atoms with E-state index in [2.05, 4.69) is 15.6 Å². The van der Waals surface area contributed by atoms with E-state index in [0.29, 0.717) is 13.2 Å². The lowest BCUT2D eigenvalue weighted by atomic mass is 10.2. The van der Waals surface area contributed by atoms with Gasteiger partial charge in [-0.15, -0.1) is 0 Å². The van der Waals surface area contributed by atoms with Crippen LogP contribution in [0.15, 0.2) is 46.7 Å². The smallest absolute Gasteiger partial charge is 0.254 e. The van der Waals surface area contributed by atoms with E-state index >= 15 is 0 Å². The first kappa shape index (κ1) is 15.1. The Labute approximate surface area is 133 Å². The number of hydrogen-bond donors (Lipinski definition) is 2. The number of rotatable bonds is 4. The Bertz CT molecular complexity index is 635. The van der Waals surface area contributed by atoms with Crippen LogP contribution in [0.2, 0.25) is 0 Å². The number of ether oxygens (including phenoxy) is 1. The standard InChI is InChI=1S/C15H18N4O2S/c1-19-8-6-17-15(19)22-12-4-2-11(3-5-12)18-14(20)13-10-16-7-9-21-13/h2-6,8,13,16H,7,9-10H2,1H3,(H,18,20). The van der Waals surface area contributed by atoms with Crippen molar-refractivity contribution in [1.82, 2.24) is 14.9 Å². The molecule has 1 aromatic carbocycles. The molecule has 0 aliphatic carbocycles. The zero-order valence-electron chi connectivity index (χ0n) is 12.3. The summed E-state index contributed by atoms with van der Waals surface area (Å²) in [6.45, 7) is 1.92. The molecule has 1 aliphatic heterocycles. The molecule has 0 bridgehead atoms. The van der Waals surface area contributed by atoms with Crippen LogP contribution in [-0.2, 0) is 16.6 Å². The maximum atomic E-state index is 12.1. The molecule has 22 heavy (non-hydrogen) atoms. The normalized spacial score (nSPS) is 18.1. The van der Waals surface area contributed by atoms with Crippen LogP contribution in [0, 0.1) is 0 Å². The Hall–Kier alpha value is -1.83. The molecular formula is C15H18N4O2S. The molecule has 7 heteroatoms. The van der Waals surface area contributed by atoms with Gasteiger partial charge in [0.15, 0.2) is 5.16 Å². The predicted molar refractivity (Wildman–Crippen MR) is 85.0 cm³/mol. The van der Waals surface area contributed by atoms with Gasteiger partial charge in [-0.05, 0) is 24.3 Å². The first-order valence-corrected chi connectivity index (χ1v) is 7.92. The van der Waals surface area contributed by atoms with Crippen LogP contribution in [0.3, 0.4) is 0 Å². The first-order valence-electron chi connectivity index (χ1n) is 7.11. The van der Waals surface area contributed by atoms with Crippen LogP contribution >= 0.6 is 11.8 Å². The number of morpholine rings is 1. The molecule has 0 saturated carbocycles. The van der Waals surface area contributed by atoms with Gasteiger partial charge >= 0.3 is 0 Å². The lowest BCUT2D eigenvalue weighted by Gasteiger charge is -2.22. The van der Waals surface area contributed by atoms with Crippen LogP contribution in [0.1, 0.15) is 0 Å². The number of aromatic nitrogens is 2. The Morgan fingerprint density at radius 2 is 2.27 bits per heavy atom. The number of aryl methyl sites for hydroxylation is 1. The molecule has 0 radical (unpaired) electrons. The largest absolute Gasteiger partial charge is 0.366 e. The maximum absolute atomic E-state index is 12.1. The average molecular weight is 318 g/mol. The summed E-state index contributed by atoms with van der Waals surface area (Å²) < 4.78 is 7.40. The molecular weight excluding hydrogens is 300 g/mol. The van der Waals surface area contributed by atoms with Crippen molar-refractivity contribution in [2.75, 3.05) is 25.0 Å². The number of carbonyl (C=O) groups is 1. The highest BCUT2D eigenvalue weighted by molar-refractivity contribution is 7.99. The number of imidazole rings is 1. The Balaban J connectivity index is 1.59. The monoisotopic (exact) mass is 318 g/mol. The van der Waals surface area contributed by atoms with Crippen molar-refractivity contribution in [3.05, 3.63) is 36.7 Å². The number of anilines is 1. The molecule has 1 aliphatic rings. The molecule has 2 N–H and O–H groups in total. The summed E-state index contributed by atoms with van der Waals surface area (Å²) in [4.78, 5) is 17.4. The van der Waals surface area contributed by atoms with Gasteiger partial charge in [0.25, 0.3) is 5.91 Å². The van der Waals surface area contributed by atoms with Gasteiger partial charge in [-0.2, -0.15) is 0 Å². The minimum Gasteiger partial charge on any atom is -0.366 e. The lowest BCUT2D eigenvalue weighted by molar-refractivity contribution is -0.128. The highest BCUT2D eigenvalue weighted by Gasteiger charge is 2.21. The van der Waals surface area contributed by atoms with Crippen molar-refractivity contribution < 1.29 is 9.53 Å². The van der Waals surface area contributed by atoms with Gasteiger partial charge in [0.05, 0.1) is 6.61 Å². The van der Waals surface area contributed by atoms with E-state index in [1.54, 1.807) is 18.0 Å². The second-order valence-electron chi connectivity index (χ2n) is 5.00. The van der Waals surface area contributed by atoms with Crippen molar-refractivity contribution >= 4 is 23.4 Å². The van der Waals surface area contributed by atoms with Crippen molar-refractivity contribution in [2.45, 2.75) is 16.2 Å². The minimum atomic E-state index is -0.421. The Morgan fingerprint density at radius 1 is 1.45 bits per heavy atom. The van der Waals surface area contributed by atoms with Crippen molar-refractivity contribution in [3.63, 3.8) is 0 Å². The maximum Gasteiger partial charge on any atom is 0.254 e. The van der Waals surface area contributed by atoms with E-state index < -0.39 is 6.10 Å². The molecule has 116 valence electrons. The number of nitrogens with zero attached hydrogens (tertiary/aromatic N) is 2. The lowest BCUT2D eigenvalue weighted by Crippen LogP contribution is -2.45. The molecule has 0 spiro atoms. The molecule has 1 amide bonds. The number of hydrogen-bond acceptors (Lipinski definition) is 5. The third-order valence-electron chi connectivity index (χ3n) is 3.33. The molecule has 3 rings (SSSR count). The third-order valence-corrected chi connectivity index (χ3v) is 4.41. The summed E-state index contributed by atoms with van der Waals surface area (Å²) in [6.07, 6.45) is 3.26. The van der Waals surface area contributed by atoms with E-state index in [0.717, 1.165) is 22.3 Å². The highest BCUT2D eigenvalue weighted by atomic mass is 32.2. The molecule has 1 atom stereocenters. The van der Waals surface area contributed by atoms with E-state index in [4.69, 9.17) is 4.74 Å². The van der Waals surface area contributed by atoms with Crippen LogP contribution in [-0.4, -0.2) is 41.3 Å². The topological polar surface area (TPSA) is 68.2 Å². The van der Waals surface area contributed by atoms with E-state index in [1.807, 2.05) is 42.1 Å². The van der Waals surface area contributed by atoms with Gasteiger partial charge in [0, 0.05) is 43.1 Å².